The van der Waals surface area contributed by atoms with Crippen molar-refractivity contribution in [1.29, 1.82) is 0 Å². The number of nitrogens with one attached hydrogen (secondary N) is 2. The zero-order valence-corrected chi connectivity index (χ0v) is 9.27. The monoisotopic (exact) mass is 202 g/mol. The van der Waals surface area contributed by atoms with Crippen molar-refractivity contribution in [3.63, 3.8) is 0 Å². The first-order valence-electron chi connectivity index (χ1n) is 5.90. The quantitative estimate of drug-likeness (QED) is 0.675. The molecule has 0 unspecified atom stereocenters. The lowest BCUT2D eigenvalue weighted by Gasteiger charge is -2.42. The lowest BCUT2D eigenvalue weighted by atomic mass is 9.74. The molecule has 0 saturated heterocycles. The van der Waals surface area contributed by atoms with Crippen LogP contribution in [0.2, 0.25) is 0 Å². The van der Waals surface area contributed by atoms with Crippen LogP contribution < -0.4 is 10.6 Å². The Balaban J connectivity index is 1.95. The second-order valence-corrected chi connectivity index (χ2v) is 4.98. The average Bonchev–Trinajstić information content (AvgIpc) is 2.35. The number of fused-ring (bicyclic) bond motifs is 1. The summed E-state index contributed by atoms with van der Waals surface area (Å²) in [6.07, 6.45) is 5.30. The van der Waals surface area contributed by atoms with Crippen LogP contribution >= 0.6 is 0 Å². The molecule has 1 saturated carbocycles. The summed E-state index contributed by atoms with van der Waals surface area (Å²) >= 11 is 0. The fraction of sp³-hybridized carbons (Fsp3) is 0.538. The first-order valence-corrected chi connectivity index (χ1v) is 5.90. The molecular formula is C13H18N2. The highest BCUT2D eigenvalue weighted by molar-refractivity contribution is 5.71. The molecule has 1 aliphatic heterocycles. The molecule has 2 heteroatoms. The maximum Gasteiger partial charge on any atom is 0.0580 e. The summed E-state index contributed by atoms with van der Waals surface area (Å²) in [5.41, 5.74) is 4.30. The maximum atomic E-state index is 3.74. The van der Waals surface area contributed by atoms with Crippen molar-refractivity contribution in [3.05, 3.63) is 23.8 Å². The van der Waals surface area contributed by atoms with E-state index in [1.54, 1.807) is 0 Å². The topological polar surface area (TPSA) is 24.1 Å². The van der Waals surface area contributed by atoms with Crippen molar-refractivity contribution in [2.24, 2.45) is 0 Å². The Morgan fingerprint density at radius 2 is 2.00 bits per heavy atom. The standard InChI is InChI=1S/C13H18N2/c1-10-3-4-11-12(9-10)14-8-7-13(15-11)5-2-6-13/h3-4,9,14-15H,2,5-8H2,1H3. The third-order valence-electron chi connectivity index (χ3n) is 3.80. The van der Waals surface area contributed by atoms with Crippen LogP contribution in [0, 0.1) is 6.92 Å². The summed E-state index contributed by atoms with van der Waals surface area (Å²) in [7, 11) is 0. The van der Waals surface area contributed by atoms with Crippen LogP contribution in [0.3, 0.4) is 0 Å². The average molecular weight is 202 g/mol. The molecule has 1 spiro atoms. The molecule has 3 rings (SSSR count). The molecule has 0 atom stereocenters. The molecule has 1 aromatic rings. The predicted octanol–water partition coefficient (Wildman–Crippen LogP) is 3.15. The molecule has 0 aromatic heterocycles. The van der Waals surface area contributed by atoms with E-state index in [1.807, 2.05) is 0 Å². The Morgan fingerprint density at radius 3 is 2.73 bits per heavy atom. The van der Waals surface area contributed by atoms with Gasteiger partial charge in [-0.2, -0.15) is 0 Å². The highest BCUT2D eigenvalue weighted by Gasteiger charge is 2.37. The molecule has 0 amide bonds. The number of rotatable bonds is 0. The second kappa shape index (κ2) is 3.16. The number of hydrogen-bond donors (Lipinski definition) is 2. The minimum Gasteiger partial charge on any atom is -0.383 e. The number of benzene rings is 1. The van der Waals surface area contributed by atoms with Gasteiger partial charge in [-0.05, 0) is 50.3 Å². The van der Waals surface area contributed by atoms with Crippen LogP contribution in [0.1, 0.15) is 31.2 Å². The fourth-order valence-electron chi connectivity index (χ4n) is 2.68. The molecule has 1 heterocycles. The molecule has 1 fully saturated rings. The second-order valence-electron chi connectivity index (χ2n) is 4.98. The Labute approximate surface area is 91.1 Å². The molecule has 2 nitrogen and oxygen atoms in total. The molecule has 2 aliphatic rings. The molecule has 0 radical (unpaired) electrons. The first-order chi connectivity index (χ1) is 7.27. The van der Waals surface area contributed by atoms with E-state index in [2.05, 4.69) is 35.8 Å². The maximum absolute atomic E-state index is 3.74. The van der Waals surface area contributed by atoms with Crippen molar-refractivity contribution in [2.45, 2.75) is 38.1 Å². The van der Waals surface area contributed by atoms with Gasteiger partial charge in [-0.15, -0.1) is 0 Å². The van der Waals surface area contributed by atoms with E-state index >= 15 is 0 Å². The third kappa shape index (κ3) is 1.48. The molecule has 1 aliphatic carbocycles. The van der Waals surface area contributed by atoms with Crippen molar-refractivity contribution >= 4 is 11.4 Å². The number of aryl methyl sites for hydroxylation is 1. The molecule has 1 aromatic carbocycles. The number of anilines is 2. The van der Waals surface area contributed by atoms with Crippen molar-refractivity contribution in [3.8, 4) is 0 Å². The van der Waals surface area contributed by atoms with Crippen LogP contribution in [0.5, 0.6) is 0 Å². The minimum absolute atomic E-state index is 0.410. The summed E-state index contributed by atoms with van der Waals surface area (Å²) in [6, 6.07) is 6.63. The Bertz CT molecular complexity index is 380. The lowest BCUT2D eigenvalue weighted by molar-refractivity contribution is 0.268. The Kier molecular flexibility index (Phi) is 1.91. The van der Waals surface area contributed by atoms with Gasteiger partial charge in [0.2, 0.25) is 0 Å². The van der Waals surface area contributed by atoms with Gasteiger partial charge in [-0.3, -0.25) is 0 Å². The molecule has 80 valence electrons. The van der Waals surface area contributed by atoms with Gasteiger partial charge in [-0.1, -0.05) is 6.07 Å². The van der Waals surface area contributed by atoms with Crippen LogP contribution in [0.4, 0.5) is 11.4 Å². The highest BCUT2D eigenvalue weighted by Crippen LogP contribution is 2.41. The first kappa shape index (κ1) is 9.08. The van der Waals surface area contributed by atoms with Gasteiger partial charge >= 0.3 is 0 Å². The Morgan fingerprint density at radius 1 is 1.13 bits per heavy atom. The van der Waals surface area contributed by atoms with Crippen LogP contribution in [-0.2, 0) is 0 Å². The van der Waals surface area contributed by atoms with E-state index in [0.29, 0.717) is 5.54 Å². The highest BCUT2D eigenvalue weighted by atomic mass is 15.1. The van der Waals surface area contributed by atoms with Gasteiger partial charge in [0.1, 0.15) is 0 Å². The Hall–Kier alpha value is -1.18. The summed E-state index contributed by atoms with van der Waals surface area (Å²) in [5.74, 6) is 0. The molecule has 2 N–H and O–H groups in total. The van der Waals surface area contributed by atoms with Gasteiger partial charge in [-0.25, -0.2) is 0 Å². The zero-order chi connectivity index (χ0) is 10.3. The van der Waals surface area contributed by atoms with E-state index < -0.39 is 0 Å². The van der Waals surface area contributed by atoms with E-state index in [0.717, 1.165) is 6.54 Å². The van der Waals surface area contributed by atoms with E-state index in [4.69, 9.17) is 0 Å². The predicted molar refractivity (Wildman–Crippen MR) is 64.5 cm³/mol. The summed E-state index contributed by atoms with van der Waals surface area (Å²) in [5, 5.41) is 7.26. The van der Waals surface area contributed by atoms with Crippen molar-refractivity contribution < 1.29 is 0 Å². The van der Waals surface area contributed by atoms with Gasteiger partial charge < -0.3 is 10.6 Å². The van der Waals surface area contributed by atoms with Gasteiger partial charge in [0.25, 0.3) is 0 Å². The van der Waals surface area contributed by atoms with Crippen LogP contribution in [0.25, 0.3) is 0 Å². The van der Waals surface area contributed by atoms with Crippen molar-refractivity contribution in [1.82, 2.24) is 0 Å². The third-order valence-corrected chi connectivity index (χ3v) is 3.80. The smallest absolute Gasteiger partial charge is 0.0580 e. The minimum atomic E-state index is 0.410. The van der Waals surface area contributed by atoms with Crippen LogP contribution in [-0.4, -0.2) is 12.1 Å². The van der Waals surface area contributed by atoms with Gasteiger partial charge in [0.15, 0.2) is 0 Å². The zero-order valence-electron chi connectivity index (χ0n) is 9.27. The SMILES string of the molecule is Cc1ccc2c(c1)NCCC1(CCC1)N2. The summed E-state index contributed by atoms with van der Waals surface area (Å²) < 4.78 is 0. The van der Waals surface area contributed by atoms with Crippen LogP contribution in [0.15, 0.2) is 18.2 Å². The van der Waals surface area contributed by atoms with Gasteiger partial charge in [0.05, 0.1) is 11.4 Å². The van der Waals surface area contributed by atoms with Crippen molar-refractivity contribution in [2.75, 3.05) is 17.2 Å². The van der Waals surface area contributed by atoms with E-state index in [1.165, 1.54) is 42.6 Å². The normalized spacial score (nSPS) is 21.9. The van der Waals surface area contributed by atoms with Gasteiger partial charge in [0, 0.05) is 12.1 Å². The largest absolute Gasteiger partial charge is 0.383 e. The summed E-state index contributed by atoms with van der Waals surface area (Å²) in [4.78, 5) is 0. The lowest BCUT2D eigenvalue weighted by Crippen LogP contribution is -2.45. The van der Waals surface area contributed by atoms with E-state index in [9.17, 15) is 0 Å². The molecule has 15 heavy (non-hydrogen) atoms. The number of hydrogen-bond acceptors (Lipinski definition) is 2. The van der Waals surface area contributed by atoms with E-state index in [-0.39, 0.29) is 0 Å². The molecule has 0 bridgehead atoms. The molecular weight excluding hydrogens is 184 g/mol. The fourth-order valence-corrected chi connectivity index (χ4v) is 2.68. The summed E-state index contributed by atoms with van der Waals surface area (Å²) in [6.45, 7) is 3.25.